The van der Waals surface area contributed by atoms with Crippen LogP contribution in [0.15, 0.2) is 60.8 Å². The molecule has 3 saturated carbocycles. The Morgan fingerprint density at radius 3 is 2.64 bits per heavy atom. The number of fused-ring (bicyclic) bond motifs is 2. The molecule has 9 atom stereocenters. The van der Waals surface area contributed by atoms with Gasteiger partial charge in [-0.3, -0.25) is 4.79 Å². The zero-order valence-electron chi connectivity index (χ0n) is 20.4. The molecule has 5 fully saturated rings. The van der Waals surface area contributed by atoms with Crippen molar-refractivity contribution in [3.63, 3.8) is 0 Å². The number of nitrogens with zero attached hydrogens (tertiary/aromatic N) is 3. The summed E-state index contributed by atoms with van der Waals surface area (Å²) < 4.78 is 7.94. The van der Waals surface area contributed by atoms with Gasteiger partial charge in [-0.25, -0.2) is 4.68 Å². The number of rotatable bonds is 2. The minimum absolute atomic E-state index is 0.133. The first-order valence-corrected chi connectivity index (χ1v) is 12.7. The summed E-state index contributed by atoms with van der Waals surface area (Å²) in [5.74, 6) is -3.89. The fourth-order valence-electron chi connectivity index (χ4n) is 8.96. The van der Waals surface area contributed by atoms with Crippen LogP contribution >= 0.6 is 0 Å². The van der Waals surface area contributed by atoms with Gasteiger partial charge in [0.05, 0.1) is 24.9 Å². The number of aliphatic hydroxyl groups excluding tert-OH is 2. The molecule has 1 aromatic carbocycles. The maximum atomic E-state index is 13.9. The standard InChI is InChI=1S/C28H31N3O5/c1-15-17-9-10-19-26-14-36-28(35,27(19,22(15)32)23(17)33)24(34)21(26)25(2,3)12-11-20(26)31-13-18(29-30-31)16-7-5-4-6-8-16/h4-8,11-13,17,19-21,23-24,33-35H,1,9-10,14H2,2-3H3/t17-,19-,20-,21+,23+,24-,26+,27-,28?/m0/s1. The first-order valence-electron chi connectivity index (χ1n) is 12.7. The van der Waals surface area contributed by atoms with E-state index in [4.69, 9.17) is 4.74 Å². The van der Waals surface area contributed by atoms with Crippen molar-refractivity contribution in [1.82, 2.24) is 15.0 Å². The summed E-state index contributed by atoms with van der Waals surface area (Å²) in [6.07, 6.45) is 4.69. The van der Waals surface area contributed by atoms with Crippen molar-refractivity contribution in [3.8, 4) is 11.3 Å². The van der Waals surface area contributed by atoms with E-state index in [-0.39, 0.29) is 12.4 Å². The fraction of sp³-hybridized carbons (Fsp3) is 0.536. The Labute approximate surface area is 209 Å². The summed E-state index contributed by atoms with van der Waals surface area (Å²) >= 11 is 0. The van der Waals surface area contributed by atoms with Gasteiger partial charge in [0.25, 0.3) is 0 Å². The number of Topliss-reactive ketones (excluding diaryl/α,β-unsaturated/α-hetero) is 1. The van der Waals surface area contributed by atoms with Crippen molar-refractivity contribution in [2.75, 3.05) is 6.61 Å². The second-order valence-corrected chi connectivity index (χ2v) is 12.0. The van der Waals surface area contributed by atoms with Crippen LogP contribution in [0.3, 0.4) is 0 Å². The maximum Gasteiger partial charge on any atom is 0.208 e. The van der Waals surface area contributed by atoms with Gasteiger partial charge in [0, 0.05) is 22.8 Å². The molecule has 0 radical (unpaired) electrons. The maximum absolute atomic E-state index is 13.9. The molecule has 1 unspecified atom stereocenters. The Bertz CT molecular complexity index is 1320. The first kappa shape index (κ1) is 22.5. The minimum Gasteiger partial charge on any atom is -0.391 e. The monoisotopic (exact) mass is 489 g/mol. The van der Waals surface area contributed by atoms with Crippen molar-refractivity contribution >= 4 is 5.78 Å². The molecule has 36 heavy (non-hydrogen) atoms. The van der Waals surface area contributed by atoms with Crippen LogP contribution in [0.1, 0.15) is 32.7 Å². The summed E-state index contributed by atoms with van der Waals surface area (Å²) in [6.45, 7) is 8.22. The Morgan fingerprint density at radius 1 is 1.14 bits per heavy atom. The summed E-state index contributed by atoms with van der Waals surface area (Å²) in [5.41, 5.74) is -0.997. The molecular formula is C28H31N3O5. The average Bonchev–Trinajstić information content (AvgIpc) is 3.37. The molecule has 8 rings (SSSR count). The molecule has 1 aromatic heterocycles. The number of carbonyl (C=O) groups excluding carboxylic acids is 1. The number of hydrogen-bond donors (Lipinski definition) is 3. The normalized spacial score (nSPS) is 46.0. The molecular weight excluding hydrogens is 458 g/mol. The molecule has 6 aliphatic rings. The van der Waals surface area contributed by atoms with E-state index < -0.39 is 58.0 Å². The van der Waals surface area contributed by atoms with E-state index in [0.717, 1.165) is 11.3 Å². The van der Waals surface area contributed by atoms with E-state index in [9.17, 15) is 20.1 Å². The molecule has 3 heterocycles. The number of carbonyl (C=O) groups is 1. The van der Waals surface area contributed by atoms with E-state index in [1.807, 2.05) is 50.4 Å². The van der Waals surface area contributed by atoms with Crippen molar-refractivity contribution in [2.45, 2.75) is 50.7 Å². The van der Waals surface area contributed by atoms with E-state index in [1.54, 1.807) is 4.68 Å². The molecule has 188 valence electrons. The molecule has 4 aliphatic carbocycles. The molecule has 2 spiro atoms. The van der Waals surface area contributed by atoms with Crippen LogP contribution in [0.2, 0.25) is 0 Å². The van der Waals surface area contributed by atoms with Crippen LogP contribution in [-0.4, -0.2) is 60.7 Å². The number of benzene rings is 1. The Balaban J connectivity index is 1.46. The summed E-state index contributed by atoms with van der Waals surface area (Å²) in [7, 11) is 0. The average molecular weight is 490 g/mol. The summed E-state index contributed by atoms with van der Waals surface area (Å²) in [4.78, 5) is 13.9. The lowest BCUT2D eigenvalue weighted by Gasteiger charge is -2.74. The van der Waals surface area contributed by atoms with Gasteiger partial charge in [-0.2, -0.15) is 0 Å². The largest absolute Gasteiger partial charge is 0.391 e. The molecule has 0 amide bonds. The van der Waals surface area contributed by atoms with Gasteiger partial charge in [-0.1, -0.05) is 68.1 Å². The Hall–Kier alpha value is -2.65. The molecule has 8 nitrogen and oxygen atoms in total. The fourth-order valence-corrected chi connectivity index (χ4v) is 8.96. The van der Waals surface area contributed by atoms with E-state index in [1.165, 1.54) is 0 Å². The highest BCUT2D eigenvalue weighted by Crippen LogP contribution is 2.77. The first-order chi connectivity index (χ1) is 17.1. The van der Waals surface area contributed by atoms with E-state index >= 15 is 0 Å². The van der Waals surface area contributed by atoms with Crippen LogP contribution in [0.4, 0.5) is 0 Å². The third kappa shape index (κ3) is 2.25. The van der Waals surface area contributed by atoms with Crippen LogP contribution in [-0.2, 0) is 9.53 Å². The number of ketones is 1. The lowest BCUT2D eigenvalue weighted by Crippen LogP contribution is -2.84. The highest BCUT2D eigenvalue weighted by molar-refractivity contribution is 6.05. The topological polar surface area (TPSA) is 118 Å². The zero-order valence-corrected chi connectivity index (χ0v) is 20.4. The van der Waals surface area contributed by atoms with Gasteiger partial charge in [0.1, 0.15) is 17.2 Å². The van der Waals surface area contributed by atoms with Crippen molar-refractivity contribution in [3.05, 3.63) is 60.8 Å². The van der Waals surface area contributed by atoms with Gasteiger partial charge >= 0.3 is 0 Å². The van der Waals surface area contributed by atoms with E-state index in [0.29, 0.717) is 18.4 Å². The molecule has 8 heteroatoms. The highest BCUT2D eigenvalue weighted by Gasteiger charge is 2.86. The summed E-state index contributed by atoms with van der Waals surface area (Å²) in [6, 6.07) is 9.38. The molecule has 3 N–H and O–H groups in total. The zero-order chi connectivity index (χ0) is 25.3. The SMILES string of the molecule is C=C1C(=O)[C@]23[C@H](O)[C@H]1CC[C@H]2[C@@]12COC3(O)[C@@H](O)[C@@H]1C(C)(C)C=C[C@@H]2n1cc(-c2ccccc2)nn1. The van der Waals surface area contributed by atoms with Crippen molar-refractivity contribution in [1.29, 1.82) is 0 Å². The molecule has 2 aliphatic heterocycles. The molecule has 2 saturated heterocycles. The van der Waals surface area contributed by atoms with Crippen LogP contribution in [0, 0.1) is 34.0 Å². The number of aliphatic hydroxyl groups is 3. The highest BCUT2D eigenvalue weighted by atomic mass is 16.6. The van der Waals surface area contributed by atoms with Gasteiger partial charge < -0.3 is 20.1 Å². The molecule has 2 aromatic rings. The predicted octanol–water partition coefficient (Wildman–Crippen LogP) is 2.29. The second-order valence-electron chi connectivity index (χ2n) is 12.0. The van der Waals surface area contributed by atoms with E-state index in [2.05, 4.69) is 29.0 Å². The molecule has 4 bridgehead atoms. The van der Waals surface area contributed by atoms with Gasteiger partial charge in [-0.15, -0.1) is 5.10 Å². The lowest BCUT2D eigenvalue weighted by atomic mass is 9.36. The van der Waals surface area contributed by atoms with Crippen LogP contribution in [0.25, 0.3) is 11.3 Å². The number of hydrogen-bond acceptors (Lipinski definition) is 7. The third-order valence-corrected chi connectivity index (χ3v) is 10.3. The van der Waals surface area contributed by atoms with Gasteiger partial charge in [0.2, 0.25) is 5.79 Å². The predicted molar refractivity (Wildman–Crippen MR) is 129 cm³/mol. The summed E-state index contributed by atoms with van der Waals surface area (Å²) in [5, 5.41) is 44.4. The van der Waals surface area contributed by atoms with Gasteiger partial charge in [0.15, 0.2) is 5.78 Å². The second kappa shape index (κ2) is 6.81. The quantitative estimate of drug-likeness (QED) is 0.438. The third-order valence-electron chi connectivity index (χ3n) is 10.3. The number of allylic oxidation sites excluding steroid dienone is 2. The Morgan fingerprint density at radius 2 is 1.89 bits per heavy atom. The van der Waals surface area contributed by atoms with Gasteiger partial charge in [-0.05, 0) is 29.7 Å². The van der Waals surface area contributed by atoms with Crippen molar-refractivity contribution in [2.24, 2.45) is 34.0 Å². The van der Waals surface area contributed by atoms with Crippen molar-refractivity contribution < 1.29 is 24.9 Å². The number of aromatic nitrogens is 3. The Kier molecular flexibility index (Phi) is 4.26. The minimum atomic E-state index is -2.19. The smallest absolute Gasteiger partial charge is 0.208 e. The lowest BCUT2D eigenvalue weighted by molar-refractivity contribution is -0.447. The number of ether oxygens (including phenoxy) is 1. The van der Waals surface area contributed by atoms with Crippen LogP contribution < -0.4 is 0 Å². The van der Waals surface area contributed by atoms with Crippen LogP contribution in [0.5, 0.6) is 0 Å².